The number of nitrogens with two attached hydrogens (primary N) is 1. The number of carboxylic acid groups (broad SMARTS) is 2. The summed E-state index contributed by atoms with van der Waals surface area (Å²) in [5.41, 5.74) is 3.00. The number of pyridine rings is 1. The molecular formula is C21H16F2N2O7. The molecule has 1 heterocycles. The van der Waals surface area contributed by atoms with Crippen LogP contribution in [0.4, 0.5) is 14.6 Å². The van der Waals surface area contributed by atoms with E-state index in [1.165, 1.54) is 25.3 Å². The zero-order valence-corrected chi connectivity index (χ0v) is 16.4. The second-order valence-electron chi connectivity index (χ2n) is 6.49. The van der Waals surface area contributed by atoms with Crippen molar-refractivity contribution < 1.29 is 38.1 Å². The summed E-state index contributed by atoms with van der Waals surface area (Å²) in [6.45, 7) is -0.303. The number of aromatic nitrogens is 1. The van der Waals surface area contributed by atoms with Gasteiger partial charge < -0.3 is 30.4 Å². The molecule has 0 saturated heterocycles. The molecule has 1 aromatic heterocycles. The zero-order valence-electron chi connectivity index (χ0n) is 16.4. The molecule has 0 saturated carbocycles. The molecule has 0 radical (unpaired) electrons. The fraction of sp³-hybridized carbons (Fsp3) is 0.0952. The predicted molar refractivity (Wildman–Crippen MR) is 108 cm³/mol. The summed E-state index contributed by atoms with van der Waals surface area (Å²) < 4.78 is 37.5. The lowest BCUT2D eigenvalue weighted by atomic mass is 9.94. The maximum atomic E-state index is 13.9. The lowest BCUT2D eigenvalue weighted by Crippen LogP contribution is -2.24. The molecule has 0 bridgehead atoms. The number of methoxy groups -OCH3 is 1. The van der Waals surface area contributed by atoms with Crippen LogP contribution in [0.1, 0.15) is 26.3 Å². The van der Waals surface area contributed by atoms with E-state index in [0.717, 1.165) is 12.1 Å². The van der Waals surface area contributed by atoms with Crippen LogP contribution < -0.4 is 20.8 Å². The number of anilines is 1. The van der Waals surface area contributed by atoms with E-state index >= 15 is 0 Å². The van der Waals surface area contributed by atoms with Crippen molar-refractivity contribution >= 4 is 17.8 Å². The van der Waals surface area contributed by atoms with Crippen molar-refractivity contribution in [1.29, 1.82) is 0 Å². The molecule has 0 spiro atoms. The normalized spacial score (nSPS) is 10.6. The fourth-order valence-corrected chi connectivity index (χ4v) is 3.13. The van der Waals surface area contributed by atoms with Gasteiger partial charge in [0.05, 0.1) is 7.11 Å². The van der Waals surface area contributed by atoms with Crippen molar-refractivity contribution in [3.05, 3.63) is 75.1 Å². The molecule has 9 nitrogen and oxygen atoms in total. The Morgan fingerprint density at radius 2 is 1.69 bits per heavy atom. The first-order valence-electron chi connectivity index (χ1n) is 8.91. The van der Waals surface area contributed by atoms with Crippen molar-refractivity contribution in [2.75, 3.05) is 12.8 Å². The number of hydrogen-bond donors (Lipinski definition) is 4. The lowest BCUT2D eigenvalue weighted by Gasteiger charge is -2.15. The molecule has 0 amide bonds. The molecule has 5 N–H and O–H groups in total. The maximum absolute atomic E-state index is 13.9. The lowest BCUT2D eigenvalue weighted by molar-refractivity contribution is 0.0695. The summed E-state index contributed by atoms with van der Waals surface area (Å²) in [4.78, 5) is 37.7. The van der Waals surface area contributed by atoms with Crippen LogP contribution in [0.5, 0.6) is 11.5 Å². The molecule has 0 unspecified atom stereocenters. The highest BCUT2D eigenvalue weighted by Gasteiger charge is 2.27. The summed E-state index contributed by atoms with van der Waals surface area (Å²) in [6, 6.07) is 6.79. The number of benzene rings is 2. The Morgan fingerprint density at radius 1 is 1.03 bits per heavy atom. The van der Waals surface area contributed by atoms with Crippen LogP contribution in [0.3, 0.4) is 0 Å². The number of aromatic amines is 1. The highest BCUT2D eigenvalue weighted by atomic mass is 19.1. The van der Waals surface area contributed by atoms with Crippen LogP contribution >= 0.6 is 0 Å². The second-order valence-corrected chi connectivity index (χ2v) is 6.49. The average Bonchev–Trinajstić information content (AvgIpc) is 2.71. The molecule has 0 aliphatic carbocycles. The van der Waals surface area contributed by atoms with Gasteiger partial charge >= 0.3 is 11.9 Å². The van der Waals surface area contributed by atoms with Gasteiger partial charge in [0.2, 0.25) is 0 Å². The van der Waals surface area contributed by atoms with Crippen molar-refractivity contribution in [1.82, 2.24) is 4.98 Å². The number of aromatic carboxylic acids is 2. The van der Waals surface area contributed by atoms with Gasteiger partial charge in [-0.25, -0.2) is 18.4 Å². The number of hydrogen-bond acceptors (Lipinski definition) is 6. The van der Waals surface area contributed by atoms with E-state index in [1.807, 2.05) is 4.98 Å². The first-order chi connectivity index (χ1) is 15.1. The molecule has 2 aromatic carbocycles. The highest BCUT2D eigenvalue weighted by Crippen LogP contribution is 2.33. The fourth-order valence-electron chi connectivity index (χ4n) is 3.13. The summed E-state index contributed by atoms with van der Waals surface area (Å²) in [7, 11) is 1.34. The Bertz CT molecular complexity index is 1290. The van der Waals surface area contributed by atoms with Crippen LogP contribution in [0.15, 0.2) is 41.2 Å². The molecule has 11 heteroatoms. The third-order valence-electron chi connectivity index (χ3n) is 4.52. The number of H-pyrrole nitrogens is 1. The summed E-state index contributed by atoms with van der Waals surface area (Å²) in [6.07, 6.45) is 0. The first kappa shape index (κ1) is 22.3. The number of carbonyl (C=O) groups is 2. The minimum atomic E-state index is -1.66. The third-order valence-corrected chi connectivity index (χ3v) is 4.52. The van der Waals surface area contributed by atoms with E-state index < -0.39 is 51.6 Å². The topological polar surface area (TPSA) is 152 Å². The van der Waals surface area contributed by atoms with Crippen LogP contribution in [-0.4, -0.2) is 34.2 Å². The third kappa shape index (κ3) is 4.21. The smallest absolute Gasteiger partial charge is 0.342 e. The van der Waals surface area contributed by atoms with E-state index in [1.54, 1.807) is 0 Å². The largest absolute Gasteiger partial charge is 0.496 e. The highest BCUT2D eigenvalue weighted by molar-refractivity contribution is 6.07. The molecule has 0 atom stereocenters. The molecule has 0 aliphatic heterocycles. The van der Waals surface area contributed by atoms with Gasteiger partial charge in [0, 0.05) is 17.2 Å². The summed E-state index contributed by atoms with van der Waals surface area (Å²) in [5, 5.41) is 19.1. The molecule has 0 aliphatic rings. The predicted octanol–water partition coefficient (Wildman–Crippen LogP) is 2.89. The number of nitrogens with one attached hydrogen (secondary N) is 1. The van der Waals surface area contributed by atoms with Gasteiger partial charge in [-0.2, -0.15) is 0 Å². The van der Waals surface area contributed by atoms with E-state index in [4.69, 9.17) is 15.2 Å². The minimum absolute atomic E-state index is 0.0246. The number of carboxylic acids is 2. The average molecular weight is 446 g/mol. The SMILES string of the molecule is COc1ccc(-c2c(C(=O)O)c(N)[nH]c(=O)c2C(=O)O)cc1COc1ccc(F)cc1F. The Kier molecular flexibility index (Phi) is 6.10. The quantitative estimate of drug-likeness (QED) is 0.432. The van der Waals surface area contributed by atoms with Crippen molar-refractivity contribution in [3.8, 4) is 22.6 Å². The van der Waals surface area contributed by atoms with Crippen molar-refractivity contribution in [3.63, 3.8) is 0 Å². The van der Waals surface area contributed by atoms with Crippen molar-refractivity contribution in [2.45, 2.75) is 6.61 Å². The van der Waals surface area contributed by atoms with E-state index in [0.29, 0.717) is 6.07 Å². The molecular weight excluding hydrogens is 430 g/mol. The maximum Gasteiger partial charge on any atom is 0.342 e. The van der Waals surface area contributed by atoms with Gasteiger partial charge in [-0.3, -0.25) is 4.79 Å². The van der Waals surface area contributed by atoms with Gasteiger partial charge in [-0.05, 0) is 29.8 Å². The molecule has 0 fully saturated rings. The second kappa shape index (κ2) is 8.76. The van der Waals surface area contributed by atoms with Gasteiger partial charge in [-0.15, -0.1) is 0 Å². The van der Waals surface area contributed by atoms with Crippen LogP contribution in [0, 0.1) is 11.6 Å². The first-order valence-corrected chi connectivity index (χ1v) is 8.91. The van der Waals surface area contributed by atoms with Gasteiger partial charge in [0.15, 0.2) is 11.6 Å². The van der Waals surface area contributed by atoms with Gasteiger partial charge in [0.1, 0.15) is 35.1 Å². The molecule has 3 aromatic rings. The summed E-state index contributed by atoms with van der Waals surface area (Å²) in [5.74, 6) is -5.47. The molecule has 166 valence electrons. The number of ether oxygens (including phenoxy) is 2. The number of rotatable bonds is 7. The van der Waals surface area contributed by atoms with E-state index in [9.17, 15) is 33.4 Å². The number of halogens is 2. The Labute approximate surface area is 178 Å². The Balaban J connectivity index is 2.15. The molecule has 32 heavy (non-hydrogen) atoms. The monoisotopic (exact) mass is 446 g/mol. The minimum Gasteiger partial charge on any atom is -0.496 e. The Hall–Kier alpha value is -4.41. The zero-order chi connectivity index (χ0) is 23.6. The summed E-state index contributed by atoms with van der Waals surface area (Å²) >= 11 is 0. The van der Waals surface area contributed by atoms with Crippen LogP contribution in [0.25, 0.3) is 11.1 Å². The van der Waals surface area contributed by atoms with E-state index in [-0.39, 0.29) is 29.2 Å². The standard InChI is InChI=1S/C21H16F2N2O7/c1-31-13-4-2-9(6-10(13)8-32-14-5-3-11(22)7-12(14)23)15-16(20(27)28)18(24)25-19(26)17(15)21(29)30/h2-7H,8H2,1H3,(H,27,28)(H,29,30)(H3,24,25,26). The number of nitrogen functional groups attached to an aromatic ring is 1. The van der Waals surface area contributed by atoms with Gasteiger partial charge in [-0.1, -0.05) is 6.07 Å². The van der Waals surface area contributed by atoms with Crippen LogP contribution in [-0.2, 0) is 6.61 Å². The van der Waals surface area contributed by atoms with Gasteiger partial charge in [0.25, 0.3) is 5.56 Å². The Morgan fingerprint density at radius 3 is 2.28 bits per heavy atom. The van der Waals surface area contributed by atoms with E-state index in [2.05, 4.69) is 0 Å². The van der Waals surface area contributed by atoms with Crippen molar-refractivity contribution in [2.24, 2.45) is 0 Å². The van der Waals surface area contributed by atoms with Crippen LogP contribution in [0.2, 0.25) is 0 Å². The molecule has 3 rings (SSSR count).